The normalized spacial score (nSPS) is 12.1. The highest BCUT2D eigenvalue weighted by molar-refractivity contribution is 7.90. The van der Waals surface area contributed by atoms with Crippen molar-refractivity contribution >= 4 is 17.4 Å². The number of unbranched alkanes of at least 4 members (excludes halogenated alkanes) is 9. The Bertz CT molecular complexity index is 981. The summed E-state index contributed by atoms with van der Waals surface area (Å²) in [5.41, 5.74) is 1.89. The van der Waals surface area contributed by atoms with Crippen LogP contribution in [0.3, 0.4) is 0 Å². The van der Waals surface area contributed by atoms with Crippen molar-refractivity contribution in [2.45, 2.75) is 81.8 Å². The van der Waals surface area contributed by atoms with Gasteiger partial charge >= 0.3 is 7.60 Å². The molecule has 0 bridgehead atoms. The summed E-state index contributed by atoms with van der Waals surface area (Å²) in [5.74, 6) is 0.678. The molecule has 0 aliphatic rings. The van der Waals surface area contributed by atoms with Crippen molar-refractivity contribution < 1.29 is 27.5 Å². The van der Waals surface area contributed by atoms with Crippen LogP contribution in [-0.2, 0) is 20.2 Å². The Morgan fingerprint density at radius 1 is 0.735 bits per heavy atom. The number of benzene rings is 2. The first-order chi connectivity index (χ1) is 16.2. The Kier molecular flexibility index (Phi) is 12.3. The van der Waals surface area contributed by atoms with E-state index in [0.29, 0.717) is 23.7 Å². The topological polar surface area (TPSA) is 101 Å². The lowest BCUT2D eigenvalue weighted by Crippen LogP contribution is -2.05. The number of sulfone groups is 1. The van der Waals surface area contributed by atoms with Crippen LogP contribution in [0.1, 0.15) is 75.3 Å². The quantitative estimate of drug-likeness (QED) is 0.188. The van der Waals surface area contributed by atoms with E-state index < -0.39 is 17.4 Å². The molecule has 2 N–H and O–H groups in total. The molecular weight excluding hydrogens is 471 g/mol. The van der Waals surface area contributed by atoms with Crippen molar-refractivity contribution in [1.29, 1.82) is 0 Å². The summed E-state index contributed by atoms with van der Waals surface area (Å²) in [6, 6.07) is 14.2. The maximum atomic E-state index is 12.6. The number of rotatable bonds is 17. The first-order valence-corrected chi connectivity index (χ1v) is 15.7. The first-order valence-electron chi connectivity index (χ1n) is 12.2. The van der Waals surface area contributed by atoms with Gasteiger partial charge in [0.05, 0.1) is 17.3 Å². The SMILES string of the molecule is Cc1ccc(CS(=O)(=O)c2ccc(OCCCCCCCCCCCCP(=O)(O)O)cc2)cc1. The molecule has 0 radical (unpaired) electrons. The summed E-state index contributed by atoms with van der Waals surface area (Å²) in [6.45, 7) is 2.60. The van der Waals surface area contributed by atoms with Crippen LogP contribution in [-0.4, -0.2) is 31.0 Å². The van der Waals surface area contributed by atoms with Crippen molar-refractivity contribution in [1.82, 2.24) is 0 Å². The van der Waals surface area contributed by atoms with Gasteiger partial charge in [0, 0.05) is 6.16 Å². The summed E-state index contributed by atoms with van der Waals surface area (Å²) >= 11 is 0. The largest absolute Gasteiger partial charge is 0.494 e. The van der Waals surface area contributed by atoms with Crippen molar-refractivity contribution in [2.24, 2.45) is 0 Å². The van der Waals surface area contributed by atoms with Gasteiger partial charge in [0.1, 0.15) is 5.75 Å². The van der Waals surface area contributed by atoms with Gasteiger partial charge in [-0.25, -0.2) is 8.42 Å². The summed E-state index contributed by atoms with van der Waals surface area (Å²) in [4.78, 5) is 17.9. The highest BCUT2D eigenvalue weighted by atomic mass is 32.2. The summed E-state index contributed by atoms with van der Waals surface area (Å²) in [6.07, 6.45) is 10.5. The van der Waals surface area contributed by atoms with Gasteiger partial charge in [0.15, 0.2) is 9.84 Å². The van der Waals surface area contributed by atoms with Gasteiger partial charge in [0.25, 0.3) is 0 Å². The second-order valence-corrected chi connectivity index (χ2v) is 12.8. The van der Waals surface area contributed by atoms with E-state index in [1.807, 2.05) is 31.2 Å². The molecule has 0 aliphatic heterocycles. The van der Waals surface area contributed by atoms with E-state index in [1.54, 1.807) is 24.3 Å². The maximum absolute atomic E-state index is 12.6. The van der Waals surface area contributed by atoms with Gasteiger partial charge in [0.2, 0.25) is 0 Å². The van der Waals surface area contributed by atoms with E-state index in [1.165, 1.54) is 19.3 Å². The fourth-order valence-electron chi connectivity index (χ4n) is 3.75. The van der Waals surface area contributed by atoms with E-state index in [9.17, 15) is 13.0 Å². The van der Waals surface area contributed by atoms with Gasteiger partial charge in [-0.15, -0.1) is 0 Å². The van der Waals surface area contributed by atoms with Gasteiger partial charge in [-0.2, -0.15) is 0 Å². The van der Waals surface area contributed by atoms with Gasteiger partial charge in [-0.3, -0.25) is 4.57 Å². The molecule has 2 aromatic rings. The first kappa shape index (κ1) is 28.6. The molecule has 0 fully saturated rings. The average Bonchev–Trinajstić information content (AvgIpc) is 2.78. The zero-order chi connectivity index (χ0) is 24.9. The Hall–Kier alpha value is -1.66. The summed E-state index contributed by atoms with van der Waals surface area (Å²) < 4.78 is 41.8. The minimum absolute atomic E-state index is 0.00628. The monoisotopic (exact) mass is 510 g/mol. The Morgan fingerprint density at radius 3 is 1.76 bits per heavy atom. The van der Waals surface area contributed by atoms with Crippen LogP contribution in [0.2, 0.25) is 0 Å². The lowest BCUT2D eigenvalue weighted by Gasteiger charge is -2.09. The highest BCUT2D eigenvalue weighted by Gasteiger charge is 2.15. The van der Waals surface area contributed by atoms with Crippen LogP contribution in [0.15, 0.2) is 53.4 Å². The van der Waals surface area contributed by atoms with Gasteiger partial charge in [-0.1, -0.05) is 81.2 Å². The lowest BCUT2D eigenvalue weighted by molar-refractivity contribution is 0.304. The number of ether oxygens (including phenoxy) is 1. The van der Waals surface area contributed by atoms with Crippen LogP contribution in [0.25, 0.3) is 0 Å². The second-order valence-electron chi connectivity index (χ2n) is 8.99. The van der Waals surface area contributed by atoms with Crippen molar-refractivity contribution in [3.8, 4) is 5.75 Å². The van der Waals surface area contributed by atoms with Crippen molar-refractivity contribution in [2.75, 3.05) is 12.8 Å². The Balaban J connectivity index is 1.53. The number of hydrogen-bond donors (Lipinski definition) is 2. The third-order valence-corrected chi connectivity index (χ3v) is 8.38. The molecule has 0 spiro atoms. The minimum atomic E-state index is -3.82. The molecule has 34 heavy (non-hydrogen) atoms. The molecule has 0 amide bonds. The number of hydrogen-bond acceptors (Lipinski definition) is 4. The summed E-state index contributed by atoms with van der Waals surface area (Å²) in [5, 5.41) is 0. The Labute approximate surface area is 204 Å². The third-order valence-electron chi connectivity index (χ3n) is 5.77. The minimum Gasteiger partial charge on any atom is -0.494 e. The van der Waals surface area contributed by atoms with Crippen molar-refractivity contribution in [3.05, 3.63) is 59.7 Å². The molecule has 2 rings (SSSR count). The van der Waals surface area contributed by atoms with Gasteiger partial charge < -0.3 is 14.5 Å². The molecule has 0 aliphatic carbocycles. The lowest BCUT2D eigenvalue weighted by atomic mass is 10.1. The maximum Gasteiger partial charge on any atom is 0.325 e. The molecular formula is C26H39O6PS. The van der Waals surface area contributed by atoms with E-state index in [0.717, 1.165) is 49.7 Å². The van der Waals surface area contributed by atoms with Crippen LogP contribution >= 0.6 is 7.60 Å². The number of aryl methyl sites for hydroxylation is 1. The average molecular weight is 511 g/mol. The van der Waals surface area contributed by atoms with Crippen LogP contribution in [0, 0.1) is 6.92 Å². The molecule has 8 heteroatoms. The molecule has 6 nitrogen and oxygen atoms in total. The predicted molar refractivity (Wildman–Crippen MR) is 137 cm³/mol. The fraction of sp³-hybridized carbons (Fsp3) is 0.538. The molecule has 0 aromatic heterocycles. The molecule has 0 unspecified atom stereocenters. The van der Waals surface area contributed by atoms with Crippen molar-refractivity contribution in [3.63, 3.8) is 0 Å². The fourth-order valence-corrected chi connectivity index (χ4v) is 5.74. The van der Waals surface area contributed by atoms with E-state index in [2.05, 4.69) is 0 Å². The molecule has 0 heterocycles. The second kappa shape index (κ2) is 14.7. The molecule has 0 saturated carbocycles. The molecule has 2 aromatic carbocycles. The molecule has 190 valence electrons. The standard InChI is InChI=1S/C26H39O6PS/c1-23-12-14-24(15-13-23)22-34(30,31)26-18-16-25(17-19-26)32-20-10-8-6-4-2-3-5-7-9-11-21-33(27,28)29/h12-19H,2-11,20-22H2,1H3,(H2,27,28,29). The zero-order valence-corrected chi connectivity index (χ0v) is 21.9. The molecule has 0 atom stereocenters. The van der Waals surface area contributed by atoms with E-state index in [4.69, 9.17) is 14.5 Å². The van der Waals surface area contributed by atoms with Crippen LogP contribution < -0.4 is 4.74 Å². The predicted octanol–water partition coefficient (Wildman–Crippen LogP) is 6.43. The van der Waals surface area contributed by atoms with E-state index in [-0.39, 0.29) is 11.9 Å². The smallest absolute Gasteiger partial charge is 0.325 e. The Morgan fingerprint density at radius 2 is 1.24 bits per heavy atom. The zero-order valence-electron chi connectivity index (χ0n) is 20.2. The van der Waals surface area contributed by atoms with Gasteiger partial charge in [-0.05, 0) is 49.6 Å². The summed E-state index contributed by atoms with van der Waals surface area (Å²) in [7, 11) is -7.21. The molecule has 0 saturated heterocycles. The van der Waals surface area contributed by atoms with Crippen LogP contribution in [0.5, 0.6) is 5.75 Å². The highest BCUT2D eigenvalue weighted by Crippen LogP contribution is 2.35. The van der Waals surface area contributed by atoms with Crippen LogP contribution in [0.4, 0.5) is 0 Å². The van der Waals surface area contributed by atoms with E-state index >= 15 is 0 Å². The third kappa shape index (κ3) is 12.2.